The predicted molar refractivity (Wildman–Crippen MR) is 112 cm³/mol. The molecule has 0 radical (unpaired) electrons. The molecule has 6 heteroatoms. The van der Waals surface area contributed by atoms with Gasteiger partial charge in [0, 0.05) is 48.8 Å². The highest BCUT2D eigenvalue weighted by atomic mass is 16.2. The molecule has 6 nitrogen and oxygen atoms in total. The molecule has 154 valence electrons. The van der Waals surface area contributed by atoms with Crippen molar-refractivity contribution in [3.63, 3.8) is 0 Å². The number of carbonyl (C=O) groups excluding carboxylic acids is 2. The molecule has 2 aliphatic rings. The van der Waals surface area contributed by atoms with E-state index in [0.29, 0.717) is 18.9 Å². The molecule has 1 atom stereocenters. The first-order chi connectivity index (χ1) is 13.8. The molecule has 2 aliphatic heterocycles. The van der Waals surface area contributed by atoms with Crippen molar-refractivity contribution in [3.8, 4) is 11.1 Å². The molecule has 4 rings (SSSR count). The molecular formula is C23H30N4O2. The van der Waals surface area contributed by atoms with Crippen LogP contribution in [0.25, 0.3) is 11.1 Å². The molecule has 2 amide bonds. The van der Waals surface area contributed by atoms with Crippen LogP contribution < -0.4 is 0 Å². The number of benzene rings is 1. The zero-order valence-corrected chi connectivity index (χ0v) is 17.5. The monoisotopic (exact) mass is 394 g/mol. The highest BCUT2D eigenvalue weighted by Gasteiger charge is 2.41. The first kappa shape index (κ1) is 19.7. The minimum absolute atomic E-state index is 0.0932. The molecule has 0 bridgehead atoms. The van der Waals surface area contributed by atoms with Gasteiger partial charge < -0.3 is 9.80 Å². The number of amides is 2. The fraction of sp³-hybridized carbons (Fsp3) is 0.522. The van der Waals surface area contributed by atoms with Crippen molar-refractivity contribution >= 4 is 11.8 Å². The number of piperidine rings is 1. The average Bonchev–Trinajstić information content (AvgIpc) is 3.35. The van der Waals surface area contributed by atoms with E-state index < -0.39 is 0 Å². The van der Waals surface area contributed by atoms with Crippen molar-refractivity contribution in [2.75, 3.05) is 19.6 Å². The summed E-state index contributed by atoms with van der Waals surface area (Å²) >= 11 is 0. The largest absolute Gasteiger partial charge is 0.342 e. The Hall–Kier alpha value is -2.63. The Kier molecular flexibility index (Phi) is 5.19. The fourth-order valence-corrected chi connectivity index (χ4v) is 4.62. The fourth-order valence-electron chi connectivity index (χ4n) is 4.62. The third-order valence-electron chi connectivity index (χ3n) is 6.25. The zero-order chi connectivity index (χ0) is 20.6. The maximum Gasteiger partial charge on any atom is 0.227 e. The molecule has 0 unspecified atom stereocenters. The molecule has 29 heavy (non-hydrogen) atoms. The van der Waals surface area contributed by atoms with Crippen LogP contribution in [0, 0.1) is 5.92 Å². The smallest absolute Gasteiger partial charge is 0.227 e. The van der Waals surface area contributed by atoms with Gasteiger partial charge in [-0.05, 0) is 39.2 Å². The van der Waals surface area contributed by atoms with E-state index in [-0.39, 0.29) is 23.3 Å². The molecule has 2 aromatic rings. The molecule has 1 aromatic heterocycles. The molecule has 1 aromatic carbocycles. The van der Waals surface area contributed by atoms with Gasteiger partial charge in [-0.2, -0.15) is 5.10 Å². The van der Waals surface area contributed by atoms with E-state index >= 15 is 0 Å². The predicted octanol–water partition coefficient (Wildman–Crippen LogP) is 3.43. The Morgan fingerprint density at radius 3 is 2.45 bits per heavy atom. The maximum absolute atomic E-state index is 13.0. The van der Waals surface area contributed by atoms with Gasteiger partial charge in [0.25, 0.3) is 0 Å². The van der Waals surface area contributed by atoms with Gasteiger partial charge in [-0.15, -0.1) is 0 Å². The number of carbonyl (C=O) groups is 2. The van der Waals surface area contributed by atoms with Crippen molar-refractivity contribution in [3.05, 3.63) is 42.2 Å². The molecule has 0 spiro atoms. The molecule has 0 saturated carbocycles. The van der Waals surface area contributed by atoms with Gasteiger partial charge in [0.1, 0.15) is 0 Å². The molecular weight excluding hydrogens is 364 g/mol. The molecule has 2 fully saturated rings. The summed E-state index contributed by atoms with van der Waals surface area (Å²) in [6.45, 7) is 8.08. The highest BCUT2D eigenvalue weighted by Crippen LogP contribution is 2.35. The van der Waals surface area contributed by atoms with E-state index in [4.69, 9.17) is 0 Å². The summed E-state index contributed by atoms with van der Waals surface area (Å²) in [6.07, 6.45) is 4.07. The summed E-state index contributed by atoms with van der Waals surface area (Å²) in [6, 6.07) is 10.3. The normalized spacial score (nSPS) is 21.1. The Bertz CT molecular complexity index is 876. The summed E-state index contributed by atoms with van der Waals surface area (Å²) in [5, 5.41) is 7.48. The lowest BCUT2D eigenvalue weighted by Gasteiger charge is -2.34. The lowest BCUT2D eigenvalue weighted by atomic mass is 9.89. The molecule has 2 saturated heterocycles. The minimum Gasteiger partial charge on any atom is -0.342 e. The summed E-state index contributed by atoms with van der Waals surface area (Å²) in [4.78, 5) is 29.2. The number of nitrogens with zero attached hydrogens (tertiary/aromatic N) is 3. The second-order valence-corrected chi connectivity index (χ2v) is 9.24. The highest BCUT2D eigenvalue weighted by molar-refractivity contribution is 5.89. The van der Waals surface area contributed by atoms with E-state index in [2.05, 4.69) is 22.3 Å². The van der Waals surface area contributed by atoms with Gasteiger partial charge in [-0.1, -0.05) is 30.3 Å². The van der Waals surface area contributed by atoms with E-state index in [1.54, 1.807) is 0 Å². The molecule has 1 N–H and O–H groups in total. The van der Waals surface area contributed by atoms with Crippen molar-refractivity contribution in [1.82, 2.24) is 20.0 Å². The first-order valence-corrected chi connectivity index (χ1v) is 10.5. The minimum atomic E-state index is -0.229. The lowest BCUT2D eigenvalue weighted by Crippen LogP contribution is -2.45. The van der Waals surface area contributed by atoms with Crippen LogP contribution in [0.1, 0.15) is 51.6 Å². The van der Waals surface area contributed by atoms with Gasteiger partial charge in [-0.3, -0.25) is 14.7 Å². The van der Waals surface area contributed by atoms with Gasteiger partial charge in [0.2, 0.25) is 11.8 Å². The summed E-state index contributed by atoms with van der Waals surface area (Å²) < 4.78 is 0. The van der Waals surface area contributed by atoms with Crippen molar-refractivity contribution < 1.29 is 9.59 Å². The topological polar surface area (TPSA) is 69.3 Å². The third-order valence-corrected chi connectivity index (χ3v) is 6.25. The number of H-pyrrole nitrogens is 1. The van der Waals surface area contributed by atoms with E-state index in [1.165, 1.54) is 11.3 Å². The Labute approximate surface area is 172 Å². The van der Waals surface area contributed by atoms with E-state index in [1.807, 2.05) is 55.0 Å². The molecule has 0 aliphatic carbocycles. The molecule has 3 heterocycles. The average molecular weight is 395 g/mol. The van der Waals surface area contributed by atoms with Crippen LogP contribution in [0.4, 0.5) is 0 Å². The van der Waals surface area contributed by atoms with Gasteiger partial charge in [-0.25, -0.2) is 0 Å². The van der Waals surface area contributed by atoms with Crippen LogP contribution >= 0.6 is 0 Å². The third kappa shape index (κ3) is 3.93. The van der Waals surface area contributed by atoms with Crippen molar-refractivity contribution in [2.45, 2.75) is 51.5 Å². The summed E-state index contributed by atoms with van der Waals surface area (Å²) in [5.41, 5.74) is 3.26. The van der Waals surface area contributed by atoms with Crippen LogP contribution in [-0.2, 0) is 9.59 Å². The number of nitrogens with one attached hydrogen (secondary N) is 1. The number of hydrogen-bond donors (Lipinski definition) is 1. The maximum atomic E-state index is 13.0. The number of aromatic nitrogens is 2. The first-order valence-electron chi connectivity index (χ1n) is 10.5. The van der Waals surface area contributed by atoms with Crippen LogP contribution in [0.5, 0.6) is 0 Å². The van der Waals surface area contributed by atoms with Crippen molar-refractivity contribution in [2.24, 2.45) is 5.92 Å². The second-order valence-electron chi connectivity index (χ2n) is 9.24. The number of likely N-dealkylation sites (tertiary alicyclic amines) is 2. The van der Waals surface area contributed by atoms with E-state index in [0.717, 1.165) is 31.5 Å². The standard InChI is InChI=1S/C23H30N4O2/c1-23(2,3)27-15-18(13-20(27)28)22(29)26-11-9-17(10-12-26)21-19(14-24-25-21)16-7-5-4-6-8-16/h4-8,14,17-18H,9-13,15H2,1-3H3,(H,24,25)/t18-/m1/s1. The van der Waals surface area contributed by atoms with Gasteiger partial charge >= 0.3 is 0 Å². The Balaban J connectivity index is 1.39. The Morgan fingerprint density at radius 1 is 1.14 bits per heavy atom. The number of rotatable bonds is 3. The lowest BCUT2D eigenvalue weighted by molar-refractivity contribution is -0.136. The second kappa shape index (κ2) is 7.65. The zero-order valence-electron chi connectivity index (χ0n) is 17.5. The number of hydrogen-bond acceptors (Lipinski definition) is 3. The van der Waals surface area contributed by atoms with Gasteiger partial charge in [0.05, 0.1) is 12.1 Å². The van der Waals surface area contributed by atoms with Crippen LogP contribution in [0.15, 0.2) is 36.5 Å². The van der Waals surface area contributed by atoms with Crippen LogP contribution in [0.3, 0.4) is 0 Å². The van der Waals surface area contributed by atoms with Gasteiger partial charge in [0.15, 0.2) is 0 Å². The van der Waals surface area contributed by atoms with E-state index in [9.17, 15) is 9.59 Å². The summed E-state index contributed by atoms with van der Waals surface area (Å²) in [5.74, 6) is 0.394. The van der Waals surface area contributed by atoms with Crippen molar-refractivity contribution in [1.29, 1.82) is 0 Å². The number of aromatic amines is 1. The van der Waals surface area contributed by atoms with Crippen LogP contribution in [0.2, 0.25) is 0 Å². The van der Waals surface area contributed by atoms with Crippen LogP contribution in [-0.4, -0.2) is 57.0 Å². The SMILES string of the molecule is CC(C)(C)N1C[C@H](C(=O)N2CCC(c3[nH]ncc3-c3ccccc3)CC2)CC1=O. The summed E-state index contributed by atoms with van der Waals surface area (Å²) in [7, 11) is 0. The quantitative estimate of drug-likeness (QED) is 0.867. The Morgan fingerprint density at radius 2 is 1.83 bits per heavy atom.